The number of thioether (sulfide) groups is 1. The van der Waals surface area contributed by atoms with E-state index in [9.17, 15) is 0 Å². The van der Waals surface area contributed by atoms with E-state index in [1.807, 2.05) is 18.0 Å². The summed E-state index contributed by atoms with van der Waals surface area (Å²) in [4.78, 5) is 3.21. The van der Waals surface area contributed by atoms with Gasteiger partial charge in [-0.1, -0.05) is 13.8 Å². The zero-order chi connectivity index (χ0) is 8.10. The van der Waals surface area contributed by atoms with Gasteiger partial charge in [0.05, 0.1) is 0 Å². The van der Waals surface area contributed by atoms with E-state index in [-0.39, 0.29) is 0 Å². The maximum absolute atomic E-state index is 3.21. The first kappa shape index (κ1) is 8.65. The summed E-state index contributed by atoms with van der Waals surface area (Å²) in [5, 5.41) is 0. The Labute approximate surface area is 72.0 Å². The molecule has 1 aromatic rings. The van der Waals surface area contributed by atoms with Crippen LogP contribution >= 0.6 is 11.8 Å². The van der Waals surface area contributed by atoms with Gasteiger partial charge < -0.3 is 0 Å². The van der Waals surface area contributed by atoms with Gasteiger partial charge in [-0.05, 0) is 5.75 Å². The number of aromatic amines is 1. The third-order valence-corrected chi connectivity index (χ3v) is 2.49. The van der Waals surface area contributed by atoms with E-state index in [2.05, 4.69) is 29.6 Å². The lowest BCUT2D eigenvalue weighted by molar-refractivity contribution is -0.682. The van der Waals surface area contributed by atoms with Crippen LogP contribution in [0.3, 0.4) is 0 Å². The van der Waals surface area contributed by atoms with Crippen LogP contribution in [0.2, 0.25) is 0 Å². The molecule has 1 N–H and O–H groups in total. The predicted octanol–water partition coefficient (Wildman–Crippen LogP) is 1.58. The molecule has 0 saturated heterocycles. The van der Waals surface area contributed by atoms with Crippen molar-refractivity contribution in [2.24, 2.45) is 0 Å². The average Bonchev–Trinajstić information content (AvgIpc) is 2.47. The Hall–Kier alpha value is -0.440. The second-order valence-corrected chi connectivity index (χ2v) is 3.60. The second-order valence-electron chi connectivity index (χ2n) is 2.35. The third kappa shape index (κ3) is 2.26. The second kappa shape index (κ2) is 4.44. The van der Waals surface area contributed by atoms with E-state index < -0.39 is 0 Å². The Morgan fingerprint density at radius 2 is 2.36 bits per heavy atom. The SMILES string of the molecule is CCSC[n+]1cc[nH]c1CC. The van der Waals surface area contributed by atoms with Crippen molar-refractivity contribution in [3.05, 3.63) is 18.2 Å². The number of hydrogen-bond acceptors (Lipinski definition) is 1. The lowest BCUT2D eigenvalue weighted by Gasteiger charge is -1.95. The van der Waals surface area contributed by atoms with Crippen LogP contribution in [0.4, 0.5) is 0 Å². The summed E-state index contributed by atoms with van der Waals surface area (Å²) < 4.78 is 2.26. The molecule has 0 radical (unpaired) electrons. The maximum atomic E-state index is 3.21. The van der Waals surface area contributed by atoms with Crippen molar-refractivity contribution in [1.82, 2.24) is 4.98 Å². The van der Waals surface area contributed by atoms with Gasteiger partial charge in [0.15, 0.2) is 0 Å². The van der Waals surface area contributed by atoms with Crippen molar-refractivity contribution >= 4 is 11.8 Å². The van der Waals surface area contributed by atoms with Gasteiger partial charge in [0.2, 0.25) is 0 Å². The lowest BCUT2D eigenvalue weighted by atomic mass is 10.5. The number of H-pyrrole nitrogens is 1. The van der Waals surface area contributed by atoms with Crippen LogP contribution in [0.15, 0.2) is 12.4 Å². The average molecular weight is 171 g/mol. The highest BCUT2D eigenvalue weighted by Crippen LogP contribution is 1.98. The third-order valence-electron chi connectivity index (χ3n) is 1.62. The maximum Gasteiger partial charge on any atom is 0.254 e. The van der Waals surface area contributed by atoms with E-state index in [0.29, 0.717) is 0 Å². The minimum Gasteiger partial charge on any atom is -0.248 e. The smallest absolute Gasteiger partial charge is 0.248 e. The molecule has 1 rings (SSSR count). The first-order valence-corrected chi connectivity index (χ1v) is 5.17. The molecule has 0 saturated carbocycles. The van der Waals surface area contributed by atoms with Crippen LogP contribution in [-0.4, -0.2) is 10.7 Å². The Morgan fingerprint density at radius 1 is 1.55 bits per heavy atom. The first-order chi connectivity index (χ1) is 5.38. The fourth-order valence-electron chi connectivity index (χ4n) is 1.01. The van der Waals surface area contributed by atoms with Gasteiger partial charge in [0.1, 0.15) is 18.3 Å². The molecule has 0 aromatic carbocycles. The number of aryl methyl sites for hydroxylation is 1. The Bertz CT molecular complexity index is 208. The minimum absolute atomic E-state index is 1.07. The van der Waals surface area contributed by atoms with Gasteiger partial charge >= 0.3 is 0 Å². The van der Waals surface area contributed by atoms with Crippen molar-refractivity contribution in [3.8, 4) is 0 Å². The van der Waals surface area contributed by atoms with Crippen molar-refractivity contribution in [2.45, 2.75) is 26.1 Å². The van der Waals surface area contributed by atoms with Gasteiger partial charge in [0.25, 0.3) is 5.82 Å². The highest BCUT2D eigenvalue weighted by molar-refractivity contribution is 7.98. The topological polar surface area (TPSA) is 19.7 Å². The molecule has 62 valence electrons. The predicted molar refractivity (Wildman–Crippen MR) is 48.5 cm³/mol. The molecule has 0 atom stereocenters. The Kier molecular flexibility index (Phi) is 3.49. The highest BCUT2D eigenvalue weighted by Gasteiger charge is 2.05. The summed E-state index contributed by atoms with van der Waals surface area (Å²) >= 11 is 1.94. The molecule has 0 unspecified atom stereocenters. The zero-order valence-electron chi connectivity index (χ0n) is 7.13. The molecule has 1 heterocycles. The van der Waals surface area contributed by atoms with Crippen molar-refractivity contribution in [3.63, 3.8) is 0 Å². The number of rotatable bonds is 4. The fraction of sp³-hybridized carbons (Fsp3) is 0.625. The molecule has 0 aliphatic heterocycles. The van der Waals surface area contributed by atoms with Gasteiger partial charge in [-0.3, -0.25) is 0 Å². The molecular weight excluding hydrogens is 156 g/mol. The largest absolute Gasteiger partial charge is 0.254 e. The van der Waals surface area contributed by atoms with Crippen molar-refractivity contribution in [2.75, 3.05) is 5.75 Å². The molecule has 0 amide bonds. The molecule has 1 aromatic heterocycles. The summed E-state index contributed by atoms with van der Waals surface area (Å²) in [6.07, 6.45) is 5.17. The van der Waals surface area contributed by atoms with Crippen LogP contribution in [0.1, 0.15) is 19.7 Å². The summed E-state index contributed by atoms with van der Waals surface area (Å²) in [6.45, 7) is 4.35. The first-order valence-electron chi connectivity index (χ1n) is 4.02. The highest BCUT2D eigenvalue weighted by atomic mass is 32.2. The van der Waals surface area contributed by atoms with E-state index in [0.717, 1.165) is 12.3 Å². The minimum atomic E-state index is 1.07. The zero-order valence-corrected chi connectivity index (χ0v) is 7.95. The van der Waals surface area contributed by atoms with Crippen LogP contribution in [0, 0.1) is 0 Å². The molecule has 0 aliphatic rings. The Morgan fingerprint density at radius 3 is 3.00 bits per heavy atom. The number of hydrogen-bond donors (Lipinski definition) is 1. The van der Waals surface area contributed by atoms with Gasteiger partial charge in [-0.25, -0.2) is 9.55 Å². The van der Waals surface area contributed by atoms with E-state index >= 15 is 0 Å². The summed E-state index contributed by atoms with van der Waals surface area (Å²) in [7, 11) is 0. The van der Waals surface area contributed by atoms with Gasteiger partial charge in [-0.15, -0.1) is 11.8 Å². The molecular formula is C8H15N2S+. The van der Waals surface area contributed by atoms with E-state index in [1.165, 1.54) is 11.6 Å². The quantitative estimate of drug-likeness (QED) is 0.682. The van der Waals surface area contributed by atoms with Gasteiger partial charge in [0, 0.05) is 6.42 Å². The van der Waals surface area contributed by atoms with Gasteiger partial charge in [-0.2, -0.15) is 0 Å². The molecule has 11 heavy (non-hydrogen) atoms. The summed E-state index contributed by atoms with van der Waals surface area (Å²) in [5.41, 5.74) is 0. The summed E-state index contributed by atoms with van der Waals surface area (Å²) in [5.74, 6) is 3.57. The van der Waals surface area contributed by atoms with E-state index in [4.69, 9.17) is 0 Å². The van der Waals surface area contributed by atoms with Crippen molar-refractivity contribution in [1.29, 1.82) is 0 Å². The van der Waals surface area contributed by atoms with Crippen LogP contribution < -0.4 is 4.57 Å². The molecule has 3 heteroatoms. The fourth-order valence-corrected chi connectivity index (χ4v) is 1.63. The molecule has 0 fully saturated rings. The van der Waals surface area contributed by atoms with E-state index in [1.54, 1.807) is 0 Å². The van der Waals surface area contributed by atoms with Crippen LogP contribution in [0.25, 0.3) is 0 Å². The van der Waals surface area contributed by atoms with Crippen LogP contribution in [0.5, 0.6) is 0 Å². The van der Waals surface area contributed by atoms with Crippen molar-refractivity contribution < 1.29 is 4.57 Å². The molecule has 0 aliphatic carbocycles. The molecule has 0 bridgehead atoms. The van der Waals surface area contributed by atoms with Crippen LogP contribution in [-0.2, 0) is 12.3 Å². The number of nitrogens with one attached hydrogen (secondary N) is 1. The summed E-state index contributed by atoms with van der Waals surface area (Å²) in [6, 6.07) is 0. The number of imidazole rings is 1. The monoisotopic (exact) mass is 171 g/mol. The normalized spacial score (nSPS) is 10.4. The standard InChI is InChI=1S/C8H14N2S/c1-3-8-9-5-6-10(8)7-11-4-2/h5-6H,3-4,7H2,1-2H3/p+1. The Balaban J connectivity index is 2.54. The molecule has 0 spiro atoms. The number of aromatic nitrogens is 2. The number of nitrogens with zero attached hydrogens (tertiary/aromatic N) is 1. The lowest BCUT2D eigenvalue weighted by Crippen LogP contribution is -2.34. The molecule has 2 nitrogen and oxygen atoms in total.